The Morgan fingerprint density at radius 1 is 1.00 bits per heavy atom. The highest BCUT2D eigenvalue weighted by Gasteiger charge is 2.30. The Kier molecular flexibility index (Phi) is 4.59. The number of nitrogens with zero attached hydrogens (tertiary/aromatic N) is 3. The fourth-order valence-electron chi connectivity index (χ4n) is 2.86. The summed E-state index contributed by atoms with van der Waals surface area (Å²) >= 11 is 0. The van der Waals surface area contributed by atoms with E-state index in [2.05, 4.69) is 30.6 Å². The monoisotopic (exact) mass is 398 g/mol. The average Bonchev–Trinajstić information content (AvgIpc) is 3.11. The highest BCUT2D eigenvalue weighted by Crippen LogP contribution is 2.32. The molecule has 0 saturated heterocycles. The molecule has 10 heteroatoms. The molecule has 0 bridgehead atoms. The molecule has 4 aromatic rings. The maximum atomic E-state index is 12.6. The Balaban J connectivity index is 1.57. The lowest BCUT2D eigenvalue weighted by atomic mass is 10.1. The van der Waals surface area contributed by atoms with Crippen LogP contribution >= 0.6 is 0 Å². The van der Waals surface area contributed by atoms with Gasteiger partial charge in [-0.2, -0.15) is 13.2 Å². The summed E-state index contributed by atoms with van der Waals surface area (Å²) in [4.78, 5) is 27.6. The SMILES string of the molecule is O=C(Nc1ccc(C(F)(F)F)cc1)Nc1c[nH]c2nccc(-c3cncnc3)c12. The Morgan fingerprint density at radius 3 is 2.41 bits per heavy atom. The van der Waals surface area contributed by atoms with Gasteiger partial charge in [-0.15, -0.1) is 0 Å². The van der Waals surface area contributed by atoms with Crippen LogP contribution < -0.4 is 10.6 Å². The van der Waals surface area contributed by atoms with Gasteiger partial charge in [0.15, 0.2) is 0 Å². The zero-order valence-electron chi connectivity index (χ0n) is 14.7. The minimum absolute atomic E-state index is 0.227. The van der Waals surface area contributed by atoms with Crippen molar-refractivity contribution >= 4 is 28.4 Å². The van der Waals surface area contributed by atoms with Crippen LogP contribution in [-0.4, -0.2) is 26.0 Å². The largest absolute Gasteiger partial charge is 0.416 e. The van der Waals surface area contributed by atoms with Gasteiger partial charge >= 0.3 is 12.2 Å². The standard InChI is InChI=1S/C19H13F3N6O/c20-19(21,22)12-1-3-13(4-2-12)27-18(29)28-15-9-26-17-16(15)14(5-6-25-17)11-7-23-10-24-8-11/h1-10H,(H,25,26)(H2,27,28,29). The number of urea groups is 1. The molecule has 4 rings (SSSR count). The first kappa shape index (κ1) is 18.4. The summed E-state index contributed by atoms with van der Waals surface area (Å²) in [5.74, 6) is 0. The number of pyridine rings is 1. The highest BCUT2D eigenvalue weighted by molar-refractivity contribution is 6.09. The molecule has 0 spiro atoms. The van der Waals surface area contributed by atoms with E-state index in [9.17, 15) is 18.0 Å². The lowest BCUT2D eigenvalue weighted by molar-refractivity contribution is -0.137. The minimum Gasteiger partial charge on any atom is -0.344 e. The van der Waals surface area contributed by atoms with Gasteiger partial charge in [-0.25, -0.2) is 19.7 Å². The van der Waals surface area contributed by atoms with Crippen LogP contribution in [0.2, 0.25) is 0 Å². The van der Waals surface area contributed by atoms with Gasteiger partial charge in [-0.05, 0) is 35.9 Å². The van der Waals surface area contributed by atoms with Gasteiger partial charge < -0.3 is 15.6 Å². The maximum Gasteiger partial charge on any atom is 0.416 e. The second kappa shape index (κ2) is 7.23. The van der Waals surface area contributed by atoms with Crippen LogP contribution in [0.1, 0.15) is 5.56 Å². The summed E-state index contributed by atoms with van der Waals surface area (Å²) in [7, 11) is 0. The van der Waals surface area contributed by atoms with E-state index in [1.54, 1.807) is 30.9 Å². The molecule has 0 saturated carbocycles. The number of benzene rings is 1. The van der Waals surface area contributed by atoms with Crippen LogP contribution in [0.5, 0.6) is 0 Å². The molecule has 0 aliphatic heterocycles. The fraction of sp³-hybridized carbons (Fsp3) is 0.0526. The number of hydrogen-bond acceptors (Lipinski definition) is 4. The predicted molar refractivity (Wildman–Crippen MR) is 101 cm³/mol. The van der Waals surface area contributed by atoms with Gasteiger partial charge in [-0.3, -0.25) is 0 Å². The summed E-state index contributed by atoms with van der Waals surface area (Å²) in [6, 6.07) is 5.34. The molecule has 3 aromatic heterocycles. The maximum absolute atomic E-state index is 12.6. The third-order valence-electron chi connectivity index (χ3n) is 4.16. The quantitative estimate of drug-likeness (QED) is 0.467. The number of nitrogens with one attached hydrogen (secondary N) is 3. The number of alkyl halides is 3. The number of fused-ring (bicyclic) bond motifs is 1. The molecule has 1 aromatic carbocycles. The number of amides is 2. The number of rotatable bonds is 3. The molecular weight excluding hydrogens is 385 g/mol. The van der Waals surface area contributed by atoms with Crippen molar-refractivity contribution in [3.05, 3.63) is 67.0 Å². The lowest BCUT2D eigenvalue weighted by Crippen LogP contribution is -2.19. The third-order valence-corrected chi connectivity index (χ3v) is 4.16. The summed E-state index contributed by atoms with van der Waals surface area (Å²) in [6.45, 7) is 0. The van der Waals surface area contributed by atoms with Crippen molar-refractivity contribution in [1.29, 1.82) is 0 Å². The van der Waals surface area contributed by atoms with Crippen molar-refractivity contribution in [2.24, 2.45) is 0 Å². The first-order chi connectivity index (χ1) is 13.9. The van der Waals surface area contributed by atoms with Crippen LogP contribution in [0.15, 0.2) is 61.4 Å². The molecule has 7 nitrogen and oxygen atoms in total. The zero-order valence-corrected chi connectivity index (χ0v) is 14.7. The molecule has 0 radical (unpaired) electrons. The molecule has 29 heavy (non-hydrogen) atoms. The molecule has 3 N–H and O–H groups in total. The third kappa shape index (κ3) is 3.86. The van der Waals surface area contributed by atoms with Crippen molar-refractivity contribution in [3.63, 3.8) is 0 Å². The van der Waals surface area contributed by atoms with Crippen LogP contribution in [0, 0.1) is 0 Å². The summed E-state index contributed by atoms with van der Waals surface area (Å²) in [5.41, 5.74) is 1.95. The minimum atomic E-state index is -4.44. The Hall–Kier alpha value is -3.95. The van der Waals surface area contributed by atoms with Crippen LogP contribution in [0.4, 0.5) is 29.3 Å². The first-order valence-corrected chi connectivity index (χ1v) is 8.38. The van der Waals surface area contributed by atoms with E-state index in [4.69, 9.17) is 0 Å². The molecule has 0 aliphatic carbocycles. The summed E-state index contributed by atoms with van der Waals surface area (Å²) in [5, 5.41) is 5.85. The predicted octanol–water partition coefficient (Wildman–Crippen LogP) is 4.68. The van der Waals surface area contributed by atoms with E-state index >= 15 is 0 Å². The van der Waals surface area contributed by atoms with Gasteiger partial charge in [0.1, 0.15) is 12.0 Å². The number of H-pyrrole nitrogens is 1. The molecule has 0 fully saturated rings. The summed E-state index contributed by atoms with van der Waals surface area (Å²) in [6.07, 6.45) is 3.46. The average molecular weight is 398 g/mol. The number of aromatic amines is 1. The number of aromatic nitrogens is 4. The number of carbonyl (C=O) groups excluding carboxylic acids is 1. The van der Waals surface area contributed by atoms with E-state index in [-0.39, 0.29) is 5.69 Å². The van der Waals surface area contributed by atoms with Crippen LogP contribution in [-0.2, 0) is 6.18 Å². The molecule has 146 valence electrons. The Morgan fingerprint density at radius 2 is 1.72 bits per heavy atom. The molecule has 0 atom stereocenters. The van der Waals surface area contributed by atoms with Gasteiger partial charge in [0.2, 0.25) is 0 Å². The highest BCUT2D eigenvalue weighted by atomic mass is 19.4. The smallest absolute Gasteiger partial charge is 0.344 e. The van der Waals surface area contributed by atoms with Crippen LogP contribution in [0.25, 0.3) is 22.2 Å². The van der Waals surface area contributed by atoms with Gasteiger partial charge in [0, 0.05) is 36.0 Å². The lowest BCUT2D eigenvalue weighted by Gasteiger charge is -2.10. The van der Waals surface area contributed by atoms with Crippen molar-refractivity contribution < 1.29 is 18.0 Å². The van der Waals surface area contributed by atoms with Crippen LogP contribution in [0.3, 0.4) is 0 Å². The molecular formula is C19H13F3N6O. The fourth-order valence-corrected chi connectivity index (χ4v) is 2.86. The van der Waals surface area contributed by atoms with E-state index in [0.717, 1.165) is 23.3 Å². The number of hydrogen-bond donors (Lipinski definition) is 3. The summed E-state index contributed by atoms with van der Waals surface area (Å²) < 4.78 is 37.9. The first-order valence-electron chi connectivity index (χ1n) is 8.38. The molecule has 0 unspecified atom stereocenters. The van der Waals surface area contributed by atoms with E-state index in [0.29, 0.717) is 16.7 Å². The van der Waals surface area contributed by atoms with Crippen molar-refractivity contribution in [2.75, 3.05) is 10.6 Å². The topological polar surface area (TPSA) is 95.6 Å². The Labute approximate surface area is 162 Å². The molecule has 0 aliphatic rings. The molecule has 3 heterocycles. The second-order valence-electron chi connectivity index (χ2n) is 6.07. The van der Waals surface area contributed by atoms with Gasteiger partial charge in [-0.1, -0.05) is 0 Å². The molecule has 2 amide bonds. The van der Waals surface area contributed by atoms with E-state index in [1.807, 2.05) is 0 Å². The Bertz CT molecular complexity index is 1160. The van der Waals surface area contributed by atoms with Gasteiger partial charge in [0.05, 0.1) is 16.6 Å². The zero-order chi connectivity index (χ0) is 20.4. The van der Waals surface area contributed by atoms with Crippen molar-refractivity contribution in [2.45, 2.75) is 6.18 Å². The van der Waals surface area contributed by atoms with E-state index in [1.165, 1.54) is 18.5 Å². The number of halogens is 3. The second-order valence-corrected chi connectivity index (χ2v) is 6.07. The normalized spacial score (nSPS) is 11.4. The van der Waals surface area contributed by atoms with Crippen molar-refractivity contribution in [3.8, 4) is 11.1 Å². The van der Waals surface area contributed by atoms with Crippen molar-refractivity contribution in [1.82, 2.24) is 19.9 Å². The number of anilines is 2. The van der Waals surface area contributed by atoms with E-state index < -0.39 is 17.8 Å². The number of carbonyl (C=O) groups is 1. The van der Waals surface area contributed by atoms with Gasteiger partial charge in [0.25, 0.3) is 0 Å².